The summed E-state index contributed by atoms with van der Waals surface area (Å²) in [6.07, 6.45) is 0.938. The summed E-state index contributed by atoms with van der Waals surface area (Å²) in [7, 11) is -4.33. The molecule has 0 saturated carbocycles. The van der Waals surface area contributed by atoms with Gasteiger partial charge < -0.3 is 9.64 Å². The van der Waals surface area contributed by atoms with Crippen LogP contribution in [0.25, 0.3) is 0 Å². The van der Waals surface area contributed by atoms with Gasteiger partial charge in [0.15, 0.2) is 11.5 Å². The molecule has 1 amide bonds. The van der Waals surface area contributed by atoms with Gasteiger partial charge in [-0.3, -0.25) is 4.79 Å². The minimum absolute atomic E-state index is 0.0503. The Morgan fingerprint density at radius 2 is 1.65 bits per heavy atom. The van der Waals surface area contributed by atoms with E-state index in [9.17, 15) is 22.0 Å². The number of rotatable bonds is 7. The fourth-order valence-corrected chi connectivity index (χ4v) is 5.04. The molecule has 0 aliphatic carbocycles. The van der Waals surface area contributed by atoms with Crippen molar-refractivity contribution in [1.29, 1.82) is 0 Å². The number of piperazine rings is 1. The Hall–Kier alpha value is -2.52. The van der Waals surface area contributed by atoms with Crippen molar-refractivity contribution in [3.8, 4) is 5.75 Å². The van der Waals surface area contributed by atoms with Gasteiger partial charge in [0.25, 0.3) is 5.91 Å². The molecule has 2 aromatic carbocycles. The van der Waals surface area contributed by atoms with Crippen molar-refractivity contribution in [2.45, 2.75) is 31.1 Å². The lowest BCUT2D eigenvalue weighted by Gasteiger charge is -2.34. The number of ether oxygens (including phenoxy) is 1. The molecule has 1 fully saturated rings. The van der Waals surface area contributed by atoms with E-state index in [4.69, 9.17) is 4.74 Å². The predicted molar refractivity (Wildman–Crippen MR) is 112 cm³/mol. The summed E-state index contributed by atoms with van der Waals surface area (Å²) in [6, 6.07) is 10.5. The van der Waals surface area contributed by atoms with Gasteiger partial charge in [0.05, 0.1) is 0 Å². The molecule has 0 spiro atoms. The summed E-state index contributed by atoms with van der Waals surface area (Å²) >= 11 is 0. The molecule has 1 atom stereocenters. The molecule has 9 heteroatoms. The number of carbonyl (C=O) groups is 1. The van der Waals surface area contributed by atoms with Gasteiger partial charge in [-0.15, -0.1) is 0 Å². The third-order valence-electron chi connectivity index (χ3n) is 5.52. The van der Waals surface area contributed by atoms with Gasteiger partial charge in [0.1, 0.15) is 17.4 Å². The monoisotopic (exact) mass is 452 g/mol. The summed E-state index contributed by atoms with van der Waals surface area (Å²) in [6.45, 7) is 4.13. The molecule has 0 aromatic heterocycles. The largest absolute Gasteiger partial charge is 0.483 e. The standard InChI is InChI=1S/C22H26F2N2O4S/c1-3-16(2)17-7-4-5-10-20(17)30-15-21(27)25-11-13-26(14-12-25)31(28,29)22-18(23)8-6-9-19(22)24/h4-10,16H,3,11-15H2,1-2H3. The second kappa shape index (κ2) is 9.74. The first-order valence-electron chi connectivity index (χ1n) is 10.2. The van der Waals surface area contributed by atoms with Crippen LogP contribution in [0.2, 0.25) is 0 Å². The normalized spacial score (nSPS) is 16.2. The molecular formula is C22H26F2N2O4S. The van der Waals surface area contributed by atoms with Crippen LogP contribution >= 0.6 is 0 Å². The first kappa shape index (κ1) is 23.1. The van der Waals surface area contributed by atoms with Crippen molar-refractivity contribution < 1.29 is 26.7 Å². The van der Waals surface area contributed by atoms with Gasteiger partial charge >= 0.3 is 0 Å². The van der Waals surface area contributed by atoms with E-state index in [0.29, 0.717) is 11.7 Å². The smallest absolute Gasteiger partial charge is 0.260 e. The molecule has 0 bridgehead atoms. The van der Waals surface area contributed by atoms with Crippen molar-refractivity contribution in [3.05, 3.63) is 59.7 Å². The third kappa shape index (κ3) is 5.04. The van der Waals surface area contributed by atoms with Crippen molar-refractivity contribution in [3.63, 3.8) is 0 Å². The summed E-state index contributed by atoms with van der Waals surface area (Å²) in [4.78, 5) is 13.1. The summed E-state index contributed by atoms with van der Waals surface area (Å²) in [5.74, 6) is -1.59. The van der Waals surface area contributed by atoms with Crippen molar-refractivity contribution in [1.82, 2.24) is 9.21 Å². The van der Waals surface area contributed by atoms with Gasteiger partial charge in [-0.25, -0.2) is 17.2 Å². The lowest BCUT2D eigenvalue weighted by molar-refractivity contribution is -0.134. The van der Waals surface area contributed by atoms with E-state index in [0.717, 1.165) is 34.5 Å². The molecular weight excluding hydrogens is 426 g/mol. The first-order valence-corrected chi connectivity index (χ1v) is 11.6. The second-order valence-corrected chi connectivity index (χ2v) is 9.35. The number of halogens is 2. The van der Waals surface area contributed by atoms with Crippen LogP contribution in [-0.2, 0) is 14.8 Å². The van der Waals surface area contributed by atoms with E-state index >= 15 is 0 Å². The summed E-state index contributed by atoms with van der Waals surface area (Å²) in [5, 5.41) is 0. The number of nitrogens with zero attached hydrogens (tertiary/aromatic N) is 2. The lowest BCUT2D eigenvalue weighted by Crippen LogP contribution is -2.51. The van der Waals surface area contributed by atoms with E-state index in [1.807, 2.05) is 24.3 Å². The maximum atomic E-state index is 14.0. The van der Waals surface area contributed by atoms with Gasteiger partial charge in [-0.2, -0.15) is 4.31 Å². The Bertz CT molecular complexity index is 1020. The maximum Gasteiger partial charge on any atom is 0.260 e. The molecule has 6 nitrogen and oxygen atoms in total. The zero-order valence-corrected chi connectivity index (χ0v) is 18.4. The lowest BCUT2D eigenvalue weighted by atomic mass is 9.98. The second-order valence-electron chi connectivity index (χ2n) is 7.47. The molecule has 31 heavy (non-hydrogen) atoms. The molecule has 1 unspecified atom stereocenters. The zero-order valence-electron chi connectivity index (χ0n) is 17.6. The highest BCUT2D eigenvalue weighted by atomic mass is 32.2. The fourth-order valence-electron chi connectivity index (χ4n) is 3.51. The van der Waals surface area contributed by atoms with E-state index < -0.39 is 26.6 Å². The Balaban J connectivity index is 1.61. The van der Waals surface area contributed by atoms with Gasteiger partial charge in [0.2, 0.25) is 10.0 Å². The minimum atomic E-state index is -4.33. The van der Waals surface area contributed by atoms with Gasteiger partial charge in [-0.05, 0) is 36.1 Å². The predicted octanol–water partition coefficient (Wildman–Crippen LogP) is 3.39. The molecule has 1 aliphatic rings. The molecule has 1 heterocycles. The number of amides is 1. The van der Waals surface area contributed by atoms with Crippen LogP contribution in [0.5, 0.6) is 5.75 Å². The highest BCUT2D eigenvalue weighted by Gasteiger charge is 2.34. The van der Waals surface area contributed by atoms with Gasteiger partial charge in [0, 0.05) is 26.2 Å². The van der Waals surface area contributed by atoms with Crippen molar-refractivity contribution >= 4 is 15.9 Å². The number of hydrogen-bond acceptors (Lipinski definition) is 4. The third-order valence-corrected chi connectivity index (χ3v) is 7.47. The Morgan fingerprint density at radius 1 is 1.03 bits per heavy atom. The number of carbonyl (C=O) groups excluding carboxylic acids is 1. The van der Waals surface area contributed by atoms with Gasteiger partial charge in [-0.1, -0.05) is 38.1 Å². The Kier molecular flexibility index (Phi) is 7.27. The van der Waals surface area contributed by atoms with Crippen molar-refractivity contribution in [2.75, 3.05) is 32.8 Å². The number of para-hydroxylation sites is 1. The number of benzene rings is 2. The highest BCUT2D eigenvalue weighted by Crippen LogP contribution is 2.28. The average Bonchev–Trinajstić information content (AvgIpc) is 2.77. The molecule has 168 valence electrons. The maximum absolute atomic E-state index is 14.0. The Labute approximate surface area is 181 Å². The molecule has 0 radical (unpaired) electrons. The van der Waals surface area contributed by atoms with Crippen LogP contribution in [0.3, 0.4) is 0 Å². The van der Waals surface area contributed by atoms with Crippen LogP contribution in [0.15, 0.2) is 47.4 Å². The topological polar surface area (TPSA) is 66.9 Å². The quantitative estimate of drug-likeness (QED) is 0.646. The zero-order chi connectivity index (χ0) is 22.6. The fraction of sp³-hybridized carbons (Fsp3) is 0.409. The number of sulfonamides is 1. The SMILES string of the molecule is CCC(C)c1ccccc1OCC(=O)N1CCN(S(=O)(=O)c2c(F)cccc2F)CC1. The van der Waals surface area contributed by atoms with Crippen LogP contribution in [0.4, 0.5) is 8.78 Å². The van der Waals surface area contributed by atoms with Crippen LogP contribution in [0, 0.1) is 11.6 Å². The summed E-state index contributed by atoms with van der Waals surface area (Å²) < 4.78 is 60.0. The van der Waals surface area contributed by atoms with E-state index in [1.165, 1.54) is 4.90 Å². The minimum Gasteiger partial charge on any atom is -0.483 e. The van der Waals surface area contributed by atoms with Crippen molar-refractivity contribution in [2.24, 2.45) is 0 Å². The van der Waals surface area contributed by atoms with E-state index in [2.05, 4.69) is 13.8 Å². The molecule has 0 N–H and O–H groups in total. The molecule has 2 aromatic rings. The van der Waals surface area contributed by atoms with Crippen LogP contribution in [-0.4, -0.2) is 56.3 Å². The van der Waals surface area contributed by atoms with Crippen LogP contribution < -0.4 is 4.74 Å². The molecule has 3 rings (SSSR count). The molecule has 1 saturated heterocycles. The summed E-state index contributed by atoms with van der Waals surface area (Å²) in [5.41, 5.74) is 1.03. The molecule has 1 aliphatic heterocycles. The van der Waals surface area contributed by atoms with E-state index in [1.54, 1.807) is 0 Å². The van der Waals surface area contributed by atoms with E-state index in [-0.39, 0.29) is 38.7 Å². The Morgan fingerprint density at radius 3 is 2.26 bits per heavy atom. The van der Waals surface area contributed by atoms with Crippen LogP contribution in [0.1, 0.15) is 31.7 Å². The highest BCUT2D eigenvalue weighted by molar-refractivity contribution is 7.89. The first-order chi connectivity index (χ1) is 14.8. The average molecular weight is 453 g/mol. The number of hydrogen-bond donors (Lipinski definition) is 0.